The molecule has 0 spiro atoms. The lowest BCUT2D eigenvalue weighted by Crippen LogP contribution is -2.34. The van der Waals surface area contributed by atoms with Crippen molar-refractivity contribution >= 4 is 61.0 Å². The van der Waals surface area contributed by atoms with Crippen molar-refractivity contribution in [1.29, 1.82) is 0 Å². The van der Waals surface area contributed by atoms with E-state index in [-0.39, 0.29) is 14.9 Å². The molecule has 7 nitrogen and oxygen atoms in total. The van der Waals surface area contributed by atoms with Gasteiger partial charge in [-0.3, -0.25) is 9.59 Å². The molecule has 0 aliphatic rings. The minimum Gasteiger partial charge on any atom is -0.455 e. The van der Waals surface area contributed by atoms with Crippen LogP contribution in [0.3, 0.4) is 0 Å². The first-order chi connectivity index (χ1) is 10.7. The molecule has 0 radical (unpaired) electrons. The summed E-state index contributed by atoms with van der Waals surface area (Å²) in [6, 6.07) is 2.71. The third kappa shape index (κ3) is 6.27. The average molecular weight is 448 g/mol. The number of nitrogens with one attached hydrogen (secondary N) is 2. The predicted octanol–water partition coefficient (Wildman–Crippen LogP) is 1.71. The Morgan fingerprint density at radius 2 is 1.83 bits per heavy atom. The molecule has 128 valence electrons. The summed E-state index contributed by atoms with van der Waals surface area (Å²) in [7, 11) is -4.12. The van der Waals surface area contributed by atoms with Crippen LogP contribution < -0.4 is 10.0 Å². The van der Waals surface area contributed by atoms with E-state index in [2.05, 4.69) is 26.0 Å². The molecule has 0 saturated carbocycles. The van der Waals surface area contributed by atoms with Gasteiger partial charge < -0.3 is 10.1 Å². The molecule has 0 unspecified atom stereocenters. The van der Waals surface area contributed by atoms with Crippen LogP contribution in [0.1, 0.15) is 6.92 Å². The van der Waals surface area contributed by atoms with Gasteiger partial charge in [-0.15, -0.1) is 0 Å². The van der Waals surface area contributed by atoms with Gasteiger partial charge in [-0.2, -0.15) is 4.72 Å². The largest absolute Gasteiger partial charge is 0.455 e. The van der Waals surface area contributed by atoms with Gasteiger partial charge in [0.15, 0.2) is 6.61 Å². The van der Waals surface area contributed by atoms with Crippen molar-refractivity contribution in [3.05, 3.63) is 26.7 Å². The van der Waals surface area contributed by atoms with Crippen molar-refractivity contribution in [2.45, 2.75) is 11.8 Å². The molecule has 0 fully saturated rings. The summed E-state index contributed by atoms with van der Waals surface area (Å²) < 4.78 is 31.4. The number of halogens is 3. The highest BCUT2D eigenvalue weighted by molar-refractivity contribution is 9.10. The Kier molecular flexibility index (Phi) is 7.75. The molecule has 11 heteroatoms. The Morgan fingerprint density at radius 3 is 2.35 bits per heavy atom. The van der Waals surface area contributed by atoms with Crippen molar-refractivity contribution in [1.82, 2.24) is 10.0 Å². The number of benzene rings is 1. The molecule has 1 aromatic carbocycles. The zero-order valence-corrected chi connectivity index (χ0v) is 15.8. The normalized spacial score (nSPS) is 11.1. The summed E-state index contributed by atoms with van der Waals surface area (Å²) in [5.41, 5.74) is 0. The standard InChI is InChI=1S/C12H13BrCl2N2O5S/c1-2-16-10(18)6-22-11(19)5-17-23(20,21)12-8(14)3-7(13)4-9(12)15/h3-4,17H,2,5-6H2,1H3,(H,16,18). The molecule has 0 saturated heterocycles. The fourth-order valence-electron chi connectivity index (χ4n) is 1.46. The van der Waals surface area contributed by atoms with Crippen LogP contribution in [0.4, 0.5) is 0 Å². The van der Waals surface area contributed by atoms with Crippen LogP contribution >= 0.6 is 39.1 Å². The molecule has 23 heavy (non-hydrogen) atoms. The third-order valence-electron chi connectivity index (χ3n) is 2.38. The maximum absolute atomic E-state index is 12.1. The number of likely N-dealkylation sites (N-methyl/N-ethyl adjacent to an activating group) is 1. The number of carbonyl (C=O) groups excluding carboxylic acids is 2. The van der Waals surface area contributed by atoms with E-state index in [9.17, 15) is 18.0 Å². The minimum atomic E-state index is -4.12. The summed E-state index contributed by atoms with van der Waals surface area (Å²) in [4.78, 5) is 22.2. The first-order valence-electron chi connectivity index (χ1n) is 6.24. The quantitative estimate of drug-likeness (QED) is 0.619. The molecular weight excluding hydrogens is 435 g/mol. The SMILES string of the molecule is CCNC(=O)COC(=O)CNS(=O)(=O)c1c(Cl)cc(Br)cc1Cl. The van der Waals surface area contributed by atoms with Crippen LogP contribution in [0.5, 0.6) is 0 Å². The summed E-state index contributed by atoms with van der Waals surface area (Å²) in [5, 5.41) is 2.22. The number of carbonyl (C=O) groups is 2. The Hall–Kier alpha value is -0.870. The molecule has 0 bridgehead atoms. The van der Waals surface area contributed by atoms with Crippen LogP contribution in [0, 0.1) is 0 Å². The Labute approximate surface area is 151 Å². The average Bonchev–Trinajstić information content (AvgIpc) is 2.42. The fourth-order valence-corrected chi connectivity index (χ4v) is 4.36. The molecular formula is C12H13BrCl2N2O5S. The maximum Gasteiger partial charge on any atom is 0.321 e. The van der Waals surface area contributed by atoms with E-state index in [0.717, 1.165) is 0 Å². The molecule has 0 aromatic heterocycles. The number of sulfonamides is 1. The highest BCUT2D eigenvalue weighted by Crippen LogP contribution is 2.32. The Balaban J connectivity index is 2.70. The van der Waals surface area contributed by atoms with Crippen LogP contribution in [0.15, 0.2) is 21.5 Å². The van der Waals surface area contributed by atoms with Gasteiger partial charge in [-0.25, -0.2) is 8.42 Å². The molecule has 2 N–H and O–H groups in total. The van der Waals surface area contributed by atoms with E-state index in [1.165, 1.54) is 12.1 Å². The molecule has 1 rings (SSSR count). The summed E-state index contributed by atoms with van der Waals surface area (Å²) in [5.74, 6) is -1.40. The Morgan fingerprint density at radius 1 is 1.26 bits per heavy atom. The highest BCUT2D eigenvalue weighted by atomic mass is 79.9. The van der Waals surface area contributed by atoms with Gasteiger partial charge in [0.1, 0.15) is 11.4 Å². The van der Waals surface area contributed by atoms with Crippen LogP contribution in [-0.4, -0.2) is 40.0 Å². The topological polar surface area (TPSA) is 102 Å². The van der Waals surface area contributed by atoms with Crippen molar-refractivity contribution in [3.8, 4) is 0 Å². The van der Waals surface area contributed by atoms with Gasteiger partial charge >= 0.3 is 5.97 Å². The Bertz CT molecular complexity index is 688. The number of amides is 1. The first kappa shape index (κ1) is 20.2. The van der Waals surface area contributed by atoms with Crippen LogP contribution in [0.25, 0.3) is 0 Å². The van der Waals surface area contributed by atoms with Gasteiger partial charge in [0.25, 0.3) is 5.91 Å². The van der Waals surface area contributed by atoms with Crippen LogP contribution in [-0.2, 0) is 24.3 Å². The molecule has 1 aromatic rings. The zero-order valence-electron chi connectivity index (χ0n) is 11.9. The van der Waals surface area contributed by atoms with Crippen molar-refractivity contribution < 1.29 is 22.7 Å². The lowest BCUT2D eigenvalue weighted by Gasteiger charge is -2.10. The number of hydrogen-bond acceptors (Lipinski definition) is 5. The predicted molar refractivity (Wildman–Crippen MR) is 89.0 cm³/mol. The fraction of sp³-hybridized carbons (Fsp3) is 0.333. The van der Waals surface area contributed by atoms with Gasteiger partial charge in [0, 0.05) is 11.0 Å². The molecule has 0 atom stereocenters. The first-order valence-corrected chi connectivity index (χ1v) is 9.27. The van der Waals surface area contributed by atoms with E-state index < -0.39 is 35.1 Å². The van der Waals surface area contributed by atoms with Crippen LogP contribution in [0.2, 0.25) is 10.0 Å². The van der Waals surface area contributed by atoms with Crippen molar-refractivity contribution in [2.24, 2.45) is 0 Å². The second-order valence-corrected chi connectivity index (χ2v) is 7.57. The number of esters is 1. The summed E-state index contributed by atoms with van der Waals surface area (Å²) in [6.45, 7) is 0.946. The van der Waals surface area contributed by atoms with Gasteiger partial charge in [-0.05, 0) is 19.1 Å². The minimum absolute atomic E-state index is 0.104. The van der Waals surface area contributed by atoms with E-state index in [1.807, 2.05) is 4.72 Å². The van der Waals surface area contributed by atoms with E-state index in [0.29, 0.717) is 11.0 Å². The zero-order chi connectivity index (χ0) is 17.6. The molecule has 0 heterocycles. The second-order valence-electron chi connectivity index (χ2n) is 4.14. The number of ether oxygens (including phenoxy) is 1. The number of rotatable bonds is 7. The van der Waals surface area contributed by atoms with Gasteiger partial charge in [-0.1, -0.05) is 39.1 Å². The molecule has 0 aliphatic heterocycles. The monoisotopic (exact) mass is 446 g/mol. The lowest BCUT2D eigenvalue weighted by atomic mass is 10.4. The highest BCUT2D eigenvalue weighted by Gasteiger charge is 2.23. The second kappa shape index (κ2) is 8.84. The smallest absolute Gasteiger partial charge is 0.321 e. The van der Waals surface area contributed by atoms with Crippen molar-refractivity contribution in [2.75, 3.05) is 19.7 Å². The molecule has 1 amide bonds. The number of hydrogen-bond donors (Lipinski definition) is 2. The van der Waals surface area contributed by atoms with E-state index >= 15 is 0 Å². The lowest BCUT2D eigenvalue weighted by molar-refractivity contribution is -0.147. The van der Waals surface area contributed by atoms with Gasteiger partial charge in [0.2, 0.25) is 10.0 Å². The third-order valence-corrected chi connectivity index (χ3v) is 5.16. The molecule has 0 aliphatic carbocycles. The van der Waals surface area contributed by atoms with E-state index in [4.69, 9.17) is 23.2 Å². The van der Waals surface area contributed by atoms with E-state index in [1.54, 1.807) is 6.92 Å². The van der Waals surface area contributed by atoms with Crippen molar-refractivity contribution in [3.63, 3.8) is 0 Å². The summed E-state index contributed by atoms with van der Waals surface area (Å²) in [6.07, 6.45) is 0. The summed E-state index contributed by atoms with van der Waals surface area (Å²) >= 11 is 14.9. The van der Waals surface area contributed by atoms with Gasteiger partial charge in [0.05, 0.1) is 10.0 Å². The maximum atomic E-state index is 12.1.